The largest absolute Gasteiger partial charge is 0.500 e. The van der Waals surface area contributed by atoms with E-state index in [0.717, 1.165) is 50.9 Å². The summed E-state index contributed by atoms with van der Waals surface area (Å²) in [7, 11) is -1.43. The summed E-state index contributed by atoms with van der Waals surface area (Å²) < 4.78 is 5.85. The molecule has 233 valence electrons. The van der Waals surface area contributed by atoms with Gasteiger partial charge in [-0.3, -0.25) is 0 Å². The van der Waals surface area contributed by atoms with Crippen molar-refractivity contribution < 1.29 is 24.5 Å². The molecule has 0 aliphatic rings. The van der Waals surface area contributed by atoms with Crippen molar-refractivity contribution >= 4 is 35.2 Å². The molecular formula is C41H38IrN2OSi-2. The molecule has 0 aliphatic heterocycles. The molecule has 0 saturated heterocycles. The van der Waals surface area contributed by atoms with Gasteiger partial charge in [-0.25, -0.2) is 0 Å². The maximum Gasteiger partial charge on any atom is 0.120 e. The van der Waals surface area contributed by atoms with Gasteiger partial charge in [0.2, 0.25) is 0 Å². The Bertz CT molecular complexity index is 2050. The van der Waals surface area contributed by atoms with Crippen molar-refractivity contribution in [3.05, 3.63) is 150 Å². The number of pyridine rings is 2. The van der Waals surface area contributed by atoms with Crippen LogP contribution in [0.1, 0.15) is 36.5 Å². The second-order valence-corrected chi connectivity index (χ2v) is 17.8. The molecule has 0 fully saturated rings. The van der Waals surface area contributed by atoms with E-state index in [4.69, 9.17) is 9.40 Å². The molecule has 46 heavy (non-hydrogen) atoms. The molecule has 0 spiro atoms. The number of para-hydroxylation sites is 1. The first-order valence-corrected chi connectivity index (χ1v) is 19.1. The zero-order chi connectivity index (χ0) is 31.4. The molecule has 0 amide bonds. The minimum absolute atomic E-state index is 0. The second kappa shape index (κ2) is 14.5. The summed E-state index contributed by atoms with van der Waals surface area (Å²) in [6.45, 7) is 11.5. The predicted molar refractivity (Wildman–Crippen MR) is 191 cm³/mol. The van der Waals surface area contributed by atoms with Gasteiger partial charge in [0, 0.05) is 37.9 Å². The van der Waals surface area contributed by atoms with Gasteiger partial charge in [-0.2, -0.15) is 0 Å². The van der Waals surface area contributed by atoms with Crippen LogP contribution in [0.2, 0.25) is 19.6 Å². The van der Waals surface area contributed by atoms with Crippen LogP contribution in [0.25, 0.3) is 44.5 Å². The van der Waals surface area contributed by atoms with E-state index in [1.165, 1.54) is 21.9 Å². The number of nitrogens with zero attached hydrogens (tertiary/aromatic N) is 2. The van der Waals surface area contributed by atoms with Crippen LogP contribution in [0.5, 0.6) is 0 Å². The molecule has 3 nitrogen and oxygen atoms in total. The first-order valence-electron chi connectivity index (χ1n) is 15.6. The van der Waals surface area contributed by atoms with Crippen molar-refractivity contribution in [2.75, 3.05) is 0 Å². The topological polar surface area (TPSA) is 38.9 Å². The molecule has 7 aromatic rings. The van der Waals surface area contributed by atoms with Crippen LogP contribution in [-0.4, -0.2) is 18.0 Å². The van der Waals surface area contributed by atoms with Crippen LogP contribution in [-0.2, 0) is 26.5 Å². The zero-order valence-corrected chi connectivity index (χ0v) is 30.4. The fourth-order valence-electron chi connectivity index (χ4n) is 5.61. The minimum atomic E-state index is -1.43. The van der Waals surface area contributed by atoms with Crippen LogP contribution < -0.4 is 5.19 Å². The van der Waals surface area contributed by atoms with Crippen LogP contribution in [0, 0.1) is 12.1 Å². The first kappa shape index (κ1) is 33.2. The average Bonchev–Trinajstić information content (AvgIpc) is 3.43. The first-order chi connectivity index (χ1) is 21.8. The van der Waals surface area contributed by atoms with Crippen molar-refractivity contribution in [3.8, 4) is 22.5 Å². The predicted octanol–water partition coefficient (Wildman–Crippen LogP) is 10.3. The Kier molecular flexibility index (Phi) is 10.5. The summed E-state index contributed by atoms with van der Waals surface area (Å²) in [6, 6.07) is 43.9. The van der Waals surface area contributed by atoms with Gasteiger partial charge in [-0.1, -0.05) is 111 Å². The van der Waals surface area contributed by atoms with Crippen molar-refractivity contribution in [1.82, 2.24) is 9.97 Å². The zero-order valence-electron chi connectivity index (χ0n) is 27.0. The number of hydrogen-bond acceptors (Lipinski definition) is 3. The molecule has 3 aromatic heterocycles. The van der Waals surface area contributed by atoms with E-state index in [1.807, 2.05) is 48.7 Å². The third-order valence-corrected chi connectivity index (χ3v) is 10.1. The molecule has 0 aliphatic carbocycles. The summed E-state index contributed by atoms with van der Waals surface area (Å²) in [5.74, 6) is 0.486. The number of aromatic nitrogens is 2. The van der Waals surface area contributed by atoms with Gasteiger partial charge in [0.05, 0.1) is 13.7 Å². The quantitative estimate of drug-likeness (QED) is 0.124. The Hall–Kier alpha value is -4.15. The fraction of sp³-hybridized carbons (Fsp3) is 0.171. The number of hydrogen-bond donors (Lipinski definition) is 0. The summed E-state index contributed by atoms with van der Waals surface area (Å²) >= 11 is 0. The van der Waals surface area contributed by atoms with Gasteiger partial charge >= 0.3 is 0 Å². The van der Waals surface area contributed by atoms with E-state index in [9.17, 15) is 0 Å². The van der Waals surface area contributed by atoms with Crippen LogP contribution in [0.4, 0.5) is 0 Å². The summed E-state index contributed by atoms with van der Waals surface area (Å²) in [5.41, 5.74) is 9.84. The van der Waals surface area contributed by atoms with Gasteiger partial charge < -0.3 is 14.4 Å². The molecule has 0 saturated carbocycles. The Balaban J connectivity index is 0.000000177. The van der Waals surface area contributed by atoms with Gasteiger partial charge in [0.15, 0.2) is 0 Å². The Morgan fingerprint density at radius 2 is 1.46 bits per heavy atom. The molecule has 1 radical (unpaired) electrons. The molecule has 5 heteroatoms. The number of rotatable bonds is 6. The van der Waals surface area contributed by atoms with Gasteiger partial charge in [-0.05, 0) is 46.6 Å². The Labute approximate surface area is 287 Å². The Morgan fingerprint density at radius 1 is 0.717 bits per heavy atom. The minimum Gasteiger partial charge on any atom is -0.500 e. The molecule has 7 rings (SSSR count). The fourth-order valence-corrected chi connectivity index (χ4v) is 7.18. The van der Waals surface area contributed by atoms with E-state index in [2.05, 4.69) is 124 Å². The van der Waals surface area contributed by atoms with E-state index in [1.54, 1.807) is 0 Å². The molecule has 0 atom stereocenters. The normalized spacial score (nSPS) is 11.3. The van der Waals surface area contributed by atoms with Crippen molar-refractivity contribution in [2.45, 2.75) is 45.8 Å². The number of furan rings is 1. The number of benzene rings is 4. The van der Waals surface area contributed by atoms with Crippen LogP contribution >= 0.6 is 0 Å². The summed E-state index contributed by atoms with van der Waals surface area (Å²) in [4.78, 5) is 9.22. The van der Waals surface area contributed by atoms with Gasteiger partial charge in [-0.15, -0.1) is 59.7 Å². The monoisotopic (exact) mass is 795 g/mol. The molecule has 0 unspecified atom stereocenters. The van der Waals surface area contributed by atoms with E-state index < -0.39 is 8.07 Å². The molecule has 0 N–H and O–H groups in total. The van der Waals surface area contributed by atoms with Crippen LogP contribution in [0.15, 0.2) is 126 Å². The van der Waals surface area contributed by atoms with Crippen molar-refractivity contribution in [1.29, 1.82) is 0 Å². The smallest absolute Gasteiger partial charge is 0.120 e. The second-order valence-electron chi connectivity index (χ2n) is 12.8. The summed E-state index contributed by atoms with van der Waals surface area (Å²) in [5, 5.41) is 3.69. The van der Waals surface area contributed by atoms with Crippen molar-refractivity contribution in [2.24, 2.45) is 0 Å². The van der Waals surface area contributed by atoms with E-state index >= 15 is 0 Å². The maximum absolute atomic E-state index is 5.85. The third kappa shape index (κ3) is 7.62. The number of fused-ring (bicyclic) bond motifs is 3. The third-order valence-electron chi connectivity index (χ3n) is 8.06. The van der Waals surface area contributed by atoms with Crippen molar-refractivity contribution in [3.63, 3.8) is 0 Å². The van der Waals surface area contributed by atoms with Gasteiger partial charge in [0.25, 0.3) is 0 Å². The molecule has 3 heterocycles. The van der Waals surface area contributed by atoms with E-state index in [0.29, 0.717) is 5.92 Å². The Morgan fingerprint density at radius 3 is 2.20 bits per heavy atom. The molecule has 4 aromatic carbocycles. The molecular weight excluding hydrogens is 757 g/mol. The average molecular weight is 795 g/mol. The van der Waals surface area contributed by atoms with Crippen LogP contribution in [0.3, 0.4) is 0 Å². The molecule has 0 bridgehead atoms. The maximum atomic E-state index is 5.85. The van der Waals surface area contributed by atoms with E-state index in [-0.39, 0.29) is 20.1 Å². The SMILES string of the molecule is CC(C)c1ccnc(-c2[c-]cc3oc4ccccc4c3c2)c1.C[Si](C)(C)c1cnc(-c2[c-]cccc2)cc1Cc1ccccc1.[Ir]. The standard InChI is InChI=1S/C21H22NSi.C20H16NO.Ir/c1-23(2,3)21-16-22-20(18-12-8-5-9-13-18)15-19(21)14-17-10-6-4-7-11-17;1-13(2)14-9-10-21-18(12-14)15-7-8-20-17(11-15)16-5-3-4-6-19(16)22-20;/h4-12,15-16H,14H2,1-3H3;3-6,8-13H,1-2H3;/q2*-1;. The summed E-state index contributed by atoms with van der Waals surface area (Å²) in [6.07, 6.45) is 4.93. The van der Waals surface area contributed by atoms with Gasteiger partial charge in [0.1, 0.15) is 5.58 Å².